The van der Waals surface area contributed by atoms with Gasteiger partial charge in [-0.05, 0) is 12.1 Å². The molecule has 4 rings (SSSR count). The van der Waals surface area contributed by atoms with Crippen LogP contribution in [-0.2, 0) is 4.74 Å². The van der Waals surface area contributed by atoms with Gasteiger partial charge in [0.1, 0.15) is 11.8 Å². The third-order valence-electron chi connectivity index (χ3n) is 3.68. The van der Waals surface area contributed by atoms with Crippen LogP contribution in [0.3, 0.4) is 0 Å². The number of nitrogens with zero attached hydrogens (tertiary/aromatic N) is 1. The van der Waals surface area contributed by atoms with Gasteiger partial charge in [-0.15, -0.1) is 0 Å². The van der Waals surface area contributed by atoms with E-state index in [-0.39, 0.29) is 5.43 Å². The maximum Gasteiger partial charge on any atom is 0.200 e. The van der Waals surface area contributed by atoms with Crippen molar-refractivity contribution in [3.8, 4) is 0 Å². The molecule has 6 heteroatoms. The van der Waals surface area contributed by atoms with Gasteiger partial charge in [0.2, 0.25) is 0 Å². The number of benzene rings is 1. The van der Waals surface area contributed by atoms with E-state index in [9.17, 15) is 9.18 Å². The summed E-state index contributed by atoms with van der Waals surface area (Å²) in [5.41, 5.74) is 0.648. The first-order valence-corrected chi connectivity index (χ1v) is 7.44. The standard InChI is InChI=1S/C13H13NO3.C3H6FN/c15-11-9-13(14-5-7-16-8-6-14)17-12-4-2-1-3-10(11)12;4-3-1-5-2-3/h1-4,9H,5-8H2;3,5H,1-2H2. The second kappa shape index (κ2) is 6.89. The highest BCUT2D eigenvalue weighted by Crippen LogP contribution is 2.19. The molecule has 0 bridgehead atoms. The molecule has 0 radical (unpaired) electrons. The topological polar surface area (TPSA) is 54.7 Å². The van der Waals surface area contributed by atoms with E-state index in [0.717, 1.165) is 13.1 Å². The zero-order valence-electron chi connectivity index (χ0n) is 12.3. The highest BCUT2D eigenvalue weighted by atomic mass is 19.1. The Morgan fingerprint density at radius 2 is 1.86 bits per heavy atom. The summed E-state index contributed by atoms with van der Waals surface area (Å²) in [7, 11) is 0. The number of alkyl halides is 1. The molecule has 0 aliphatic carbocycles. The average molecular weight is 306 g/mol. The lowest BCUT2D eigenvalue weighted by atomic mass is 10.2. The predicted molar refractivity (Wildman–Crippen MR) is 83.3 cm³/mol. The summed E-state index contributed by atoms with van der Waals surface area (Å²) in [4.78, 5) is 14.0. The van der Waals surface area contributed by atoms with Crippen LogP contribution in [0.5, 0.6) is 0 Å². The van der Waals surface area contributed by atoms with E-state index in [1.807, 2.05) is 23.1 Å². The van der Waals surface area contributed by atoms with Gasteiger partial charge in [0, 0.05) is 32.2 Å². The molecule has 2 saturated heterocycles. The molecule has 0 spiro atoms. The molecule has 0 amide bonds. The van der Waals surface area contributed by atoms with Gasteiger partial charge in [-0.3, -0.25) is 4.79 Å². The van der Waals surface area contributed by atoms with Crippen LogP contribution in [-0.4, -0.2) is 45.6 Å². The number of halogens is 1. The number of fused-ring (bicyclic) bond motifs is 1. The Morgan fingerprint density at radius 3 is 2.50 bits per heavy atom. The van der Waals surface area contributed by atoms with Gasteiger partial charge in [-0.25, -0.2) is 4.39 Å². The van der Waals surface area contributed by atoms with Gasteiger partial charge < -0.3 is 19.4 Å². The van der Waals surface area contributed by atoms with Crippen molar-refractivity contribution in [1.29, 1.82) is 0 Å². The molecule has 5 nitrogen and oxygen atoms in total. The molecule has 1 N–H and O–H groups in total. The molecule has 2 aromatic rings. The van der Waals surface area contributed by atoms with E-state index < -0.39 is 6.17 Å². The van der Waals surface area contributed by atoms with Crippen LogP contribution in [0.4, 0.5) is 10.3 Å². The largest absolute Gasteiger partial charge is 0.440 e. The second-order valence-electron chi connectivity index (χ2n) is 5.30. The highest BCUT2D eigenvalue weighted by molar-refractivity contribution is 5.77. The van der Waals surface area contributed by atoms with Crippen molar-refractivity contribution in [2.24, 2.45) is 0 Å². The van der Waals surface area contributed by atoms with Crippen LogP contribution in [0.25, 0.3) is 11.0 Å². The number of para-hydroxylation sites is 1. The zero-order valence-corrected chi connectivity index (χ0v) is 12.3. The molecule has 118 valence electrons. The van der Waals surface area contributed by atoms with E-state index in [2.05, 4.69) is 5.32 Å². The molecule has 2 aliphatic rings. The first-order valence-electron chi connectivity index (χ1n) is 7.44. The van der Waals surface area contributed by atoms with Crippen molar-refractivity contribution in [2.45, 2.75) is 6.17 Å². The van der Waals surface area contributed by atoms with Crippen LogP contribution < -0.4 is 15.6 Å². The molecule has 0 unspecified atom stereocenters. The fourth-order valence-corrected chi connectivity index (χ4v) is 2.28. The van der Waals surface area contributed by atoms with Crippen LogP contribution in [0.2, 0.25) is 0 Å². The van der Waals surface area contributed by atoms with Crippen LogP contribution in [0.15, 0.2) is 39.5 Å². The van der Waals surface area contributed by atoms with Crippen molar-refractivity contribution in [3.05, 3.63) is 40.6 Å². The SMILES string of the molecule is FC1CNC1.O=c1cc(N2CCOCC2)oc2ccccc12. The van der Waals surface area contributed by atoms with Crippen LogP contribution >= 0.6 is 0 Å². The molecular formula is C16H19FN2O3. The van der Waals surface area contributed by atoms with Crippen molar-refractivity contribution in [1.82, 2.24) is 5.32 Å². The summed E-state index contributed by atoms with van der Waals surface area (Å²) in [5.74, 6) is 0.636. The van der Waals surface area contributed by atoms with E-state index in [0.29, 0.717) is 43.2 Å². The normalized spacial score (nSPS) is 18.5. The Balaban J connectivity index is 0.000000246. The zero-order chi connectivity index (χ0) is 15.4. The Morgan fingerprint density at radius 1 is 1.18 bits per heavy atom. The van der Waals surface area contributed by atoms with Gasteiger partial charge in [0.25, 0.3) is 0 Å². The molecular weight excluding hydrogens is 287 g/mol. The van der Waals surface area contributed by atoms with Gasteiger partial charge in [-0.2, -0.15) is 0 Å². The molecule has 3 heterocycles. The Bertz CT molecular complexity index is 678. The monoisotopic (exact) mass is 306 g/mol. The minimum atomic E-state index is -0.546. The fourth-order valence-electron chi connectivity index (χ4n) is 2.28. The number of morpholine rings is 1. The maximum absolute atomic E-state index is 11.9. The fraction of sp³-hybridized carbons (Fsp3) is 0.438. The first-order chi connectivity index (χ1) is 10.7. The van der Waals surface area contributed by atoms with E-state index in [4.69, 9.17) is 9.15 Å². The molecule has 2 aliphatic heterocycles. The number of ether oxygens (including phenoxy) is 1. The number of hydrogen-bond acceptors (Lipinski definition) is 5. The van der Waals surface area contributed by atoms with E-state index in [1.54, 1.807) is 12.1 Å². The lowest BCUT2D eigenvalue weighted by molar-refractivity contribution is 0.121. The number of nitrogens with one attached hydrogen (secondary N) is 1. The molecule has 2 fully saturated rings. The quantitative estimate of drug-likeness (QED) is 0.866. The minimum Gasteiger partial charge on any atom is -0.440 e. The molecule has 1 aromatic carbocycles. The summed E-state index contributed by atoms with van der Waals surface area (Å²) in [6, 6.07) is 8.88. The third kappa shape index (κ3) is 3.45. The Kier molecular flexibility index (Phi) is 4.70. The van der Waals surface area contributed by atoms with Gasteiger partial charge in [0.15, 0.2) is 11.3 Å². The maximum atomic E-state index is 11.9. The van der Waals surface area contributed by atoms with Crippen molar-refractivity contribution >= 4 is 16.9 Å². The lowest BCUT2D eigenvalue weighted by Crippen LogP contribution is -2.43. The number of rotatable bonds is 1. The van der Waals surface area contributed by atoms with Crippen LogP contribution in [0, 0.1) is 0 Å². The second-order valence-corrected chi connectivity index (χ2v) is 5.30. The van der Waals surface area contributed by atoms with Crippen molar-refractivity contribution in [2.75, 3.05) is 44.3 Å². The lowest BCUT2D eigenvalue weighted by Gasteiger charge is -2.27. The van der Waals surface area contributed by atoms with Crippen molar-refractivity contribution in [3.63, 3.8) is 0 Å². The first kappa shape index (κ1) is 15.0. The smallest absolute Gasteiger partial charge is 0.200 e. The molecule has 0 atom stereocenters. The summed E-state index contributed by atoms with van der Waals surface area (Å²) in [6.45, 7) is 4.02. The van der Waals surface area contributed by atoms with Gasteiger partial charge >= 0.3 is 0 Å². The van der Waals surface area contributed by atoms with Gasteiger partial charge in [0.05, 0.1) is 18.6 Å². The summed E-state index contributed by atoms with van der Waals surface area (Å²) in [6.07, 6.45) is -0.546. The van der Waals surface area contributed by atoms with E-state index >= 15 is 0 Å². The molecule has 1 aromatic heterocycles. The average Bonchev–Trinajstić information content (AvgIpc) is 2.54. The predicted octanol–water partition coefficient (Wildman–Crippen LogP) is 1.56. The van der Waals surface area contributed by atoms with Crippen LogP contribution in [0.1, 0.15) is 0 Å². The van der Waals surface area contributed by atoms with Crippen molar-refractivity contribution < 1.29 is 13.5 Å². The number of hydrogen-bond donors (Lipinski definition) is 1. The molecule has 0 saturated carbocycles. The Hall–Kier alpha value is -1.92. The highest BCUT2D eigenvalue weighted by Gasteiger charge is 2.15. The molecule has 22 heavy (non-hydrogen) atoms. The van der Waals surface area contributed by atoms with Gasteiger partial charge in [-0.1, -0.05) is 12.1 Å². The minimum absolute atomic E-state index is 0.00772. The summed E-state index contributed by atoms with van der Waals surface area (Å²) >= 11 is 0. The summed E-state index contributed by atoms with van der Waals surface area (Å²) in [5, 5.41) is 3.42. The Labute approximate surface area is 127 Å². The summed E-state index contributed by atoms with van der Waals surface area (Å²) < 4.78 is 22.5. The van der Waals surface area contributed by atoms with E-state index in [1.165, 1.54) is 0 Å². The number of anilines is 1. The third-order valence-corrected chi connectivity index (χ3v) is 3.68.